The Labute approximate surface area is 286 Å². The molecule has 0 bridgehead atoms. The number of benzene rings is 3. The van der Waals surface area contributed by atoms with Crippen LogP contribution in [0, 0.1) is 5.82 Å². The molecule has 3 atom stereocenters. The molecule has 1 aromatic heterocycles. The number of aromatic nitrogens is 1. The first kappa shape index (κ1) is 34.9. The zero-order valence-electron chi connectivity index (χ0n) is 26.9. The van der Waals surface area contributed by atoms with Gasteiger partial charge in [0.25, 0.3) is 5.91 Å². The SMILES string of the molecule is N[C@H](C(=O)Nc1cncc(F)c1CC[C@@H]1CN[C@H](C2=Nc3cc(C(=O)NCC(F)(F)F)ccc3C2)CO1)C(c1ccccc1)c1ccccc1. The van der Waals surface area contributed by atoms with Crippen molar-refractivity contribution in [1.82, 2.24) is 15.6 Å². The minimum absolute atomic E-state index is 0.0963. The van der Waals surface area contributed by atoms with Crippen LogP contribution in [-0.4, -0.2) is 66.6 Å². The number of pyridine rings is 1. The highest BCUT2D eigenvalue weighted by Crippen LogP contribution is 2.31. The van der Waals surface area contributed by atoms with Crippen molar-refractivity contribution in [2.24, 2.45) is 10.7 Å². The Morgan fingerprint density at radius 1 is 1.00 bits per heavy atom. The molecule has 2 aliphatic rings. The standard InChI is InChI=1S/C37H36F4N6O3/c38-28-18-43-19-31(47-36(49)34(42)33(22-7-3-1-4-8-22)23-9-5-2-6-10-23)27(28)14-13-26-17-44-32(20-50-26)30-15-24-11-12-25(16-29(24)46-30)35(48)45-21-37(39,40)41/h1-12,16,18-19,26,32-34,44H,13-15,17,20-21,42H2,(H,45,48)(H,47,49)/t26-,32+,34+/m1/s1. The van der Waals surface area contributed by atoms with Gasteiger partial charge in [-0.15, -0.1) is 0 Å². The normalized spacial score (nSPS) is 17.9. The zero-order valence-corrected chi connectivity index (χ0v) is 26.9. The van der Waals surface area contributed by atoms with Gasteiger partial charge < -0.3 is 26.4 Å². The Hall–Kier alpha value is -4.98. The molecule has 0 spiro atoms. The van der Waals surface area contributed by atoms with Gasteiger partial charge in [-0.3, -0.25) is 19.6 Å². The predicted molar refractivity (Wildman–Crippen MR) is 181 cm³/mol. The van der Waals surface area contributed by atoms with Gasteiger partial charge in [-0.1, -0.05) is 66.7 Å². The highest BCUT2D eigenvalue weighted by atomic mass is 19.4. The van der Waals surface area contributed by atoms with Crippen LogP contribution in [0.2, 0.25) is 0 Å². The molecule has 260 valence electrons. The van der Waals surface area contributed by atoms with Gasteiger partial charge in [0.2, 0.25) is 5.91 Å². The second-order valence-corrected chi connectivity index (χ2v) is 12.3. The molecule has 0 unspecified atom stereocenters. The lowest BCUT2D eigenvalue weighted by atomic mass is 9.85. The van der Waals surface area contributed by atoms with E-state index >= 15 is 4.39 Å². The van der Waals surface area contributed by atoms with Crippen molar-refractivity contribution in [2.75, 3.05) is 25.0 Å². The smallest absolute Gasteiger partial charge is 0.375 e. The number of halogens is 4. The quantitative estimate of drug-likeness (QED) is 0.160. The molecule has 0 radical (unpaired) electrons. The van der Waals surface area contributed by atoms with Crippen molar-refractivity contribution >= 4 is 28.9 Å². The number of hydrogen-bond acceptors (Lipinski definition) is 7. The molecule has 9 nitrogen and oxygen atoms in total. The van der Waals surface area contributed by atoms with Gasteiger partial charge >= 0.3 is 6.18 Å². The zero-order chi connectivity index (χ0) is 35.3. The second kappa shape index (κ2) is 15.3. The summed E-state index contributed by atoms with van der Waals surface area (Å²) < 4.78 is 58.8. The summed E-state index contributed by atoms with van der Waals surface area (Å²) in [6, 6.07) is 22.5. The number of morpholine rings is 1. The van der Waals surface area contributed by atoms with Gasteiger partial charge in [0.05, 0.1) is 48.6 Å². The van der Waals surface area contributed by atoms with E-state index in [1.54, 1.807) is 6.07 Å². The van der Waals surface area contributed by atoms with Crippen LogP contribution in [-0.2, 0) is 22.4 Å². The maximum absolute atomic E-state index is 15.1. The maximum Gasteiger partial charge on any atom is 0.405 e. The van der Waals surface area contributed by atoms with E-state index in [-0.39, 0.29) is 29.8 Å². The summed E-state index contributed by atoms with van der Waals surface area (Å²) >= 11 is 0. The minimum Gasteiger partial charge on any atom is -0.375 e. The van der Waals surface area contributed by atoms with Crippen molar-refractivity contribution in [3.05, 3.63) is 125 Å². The van der Waals surface area contributed by atoms with E-state index in [0.717, 1.165) is 28.6 Å². The van der Waals surface area contributed by atoms with E-state index in [1.807, 2.05) is 66.0 Å². The molecule has 50 heavy (non-hydrogen) atoms. The highest BCUT2D eigenvalue weighted by molar-refractivity contribution is 6.00. The van der Waals surface area contributed by atoms with Crippen LogP contribution >= 0.6 is 0 Å². The molecule has 3 aromatic carbocycles. The molecule has 5 N–H and O–H groups in total. The van der Waals surface area contributed by atoms with E-state index < -0.39 is 42.3 Å². The maximum atomic E-state index is 15.1. The van der Waals surface area contributed by atoms with Crippen molar-refractivity contribution in [3.63, 3.8) is 0 Å². The van der Waals surface area contributed by atoms with Gasteiger partial charge in [0.15, 0.2) is 0 Å². The summed E-state index contributed by atoms with van der Waals surface area (Å²) in [5.74, 6) is -2.28. The molecule has 3 heterocycles. The largest absolute Gasteiger partial charge is 0.405 e. The molecule has 1 fully saturated rings. The molecule has 2 aliphatic heterocycles. The third kappa shape index (κ3) is 8.41. The number of nitrogens with two attached hydrogens (primary N) is 1. The fourth-order valence-electron chi connectivity index (χ4n) is 6.28. The van der Waals surface area contributed by atoms with E-state index in [2.05, 4.69) is 20.6 Å². The predicted octanol–water partition coefficient (Wildman–Crippen LogP) is 5.23. The fourth-order valence-corrected chi connectivity index (χ4v) is 6.28. The van der Waals surface area contributed by atoms with Crippen LogP contribution < -0.4 is 21.7 Å². The van der Waals surface area contributed by atoms with Crippen molar-refractivity contribution in [3.8, 4) is 0 Å². The van der Waals surface area contributed by atoms with Crippen molar-refractivity contribution in [2.45, 2.75) is 49.5 Å². The topological polar surface area (TPSA) is 131 Å². The molecule has 0 aliphatic carbocycles. The van der Waals surface area contributed by atoms with Gasteiger partial charge in [-0.2, -0.15) is 13.2 Å². The van der Waals surface area contributed by atoms with Gasteiger partial charge in [-0.05, 0) is 41.7 Å². The third-order valence-corrected chi connectivity index (χ3v) is 8.88. The Morgan fingerprint density at radius 3 is 2.34 bits per heavy atom. The number of anilines is 1. The lowest BCUT2D eigenvalue weighted by molar-refractivity contribution is -0.123. The lowest BCUT2D eigenvalue weighted by Gasteiger charge is -2.30. The van der Waals surface area contributed by atoms with Crippen LogP contribution in [0.15, 0.2) is 96.2 Å². The fraction of sp³-hybridized carbons (Fsp3) is 0.297. The van der Waals surface area contributed by atoms with E-state index in [0.29, 0.717) is 37.2 Å². The average Bonchev–Trinajstić information content (AvgIpc) is 3.55. The minimum atomic E-state index is -4.50. The number of rotatable bonds is 11. The summed E-state index contributed by atoms with van der Waals surface area (Å²) in [6.07, 6.45) is -0.999. The second-order valence-electron chi connectivity index (χ2n) is 12.3. The number of nitrogens with one attached hydrogen (secondary N) is 3. The average molecular weight is 689 g/mol. The van der Waals surface area contributed by atoms with Gasteiger partial charge in [0, 0.05) is 35.7 Å². The summed E-state index contributed by atoms with van der Waals surface area (Å²) in [7, 11) is 0. The molecular weight excluding hydrogens is 652 g/mol. The van der Waals surface area contributed by atoms with E-state index in [1.165, 1.54) is 18.3 Å². The third-order valence-electron chi connectivity index (χ3n) is 8.88. The number of carbonyl (C=O) groups is 2. The first-order chi connectivity index (χ1) is 24.1. The number of hydrogen-bond donors (Lipinski definition) is 4. The van der Waals surface area contributed by atoms with Gasteiger partial charge in [-0.25, -0.2) is 4.39 Å². The number of nitrogens with zero attached hydrogens (tertiary/aromatic N) is 2. The highest BCUT2D eigenvalue weighted by Gasteiger charge is 2.31. The monoisotopic (exact) mass is 688 g/mol. The van der Waals surface area contributed by atoms with E-state index in [4.69, 9.17) is 10.5 Å². The Kier molecular flexibility index (Phi) is 10.7. The molecule has 1 saturated heterocycles. The van der Waals surface area contributed by atoms with Crippen molar-refractivity contribution in [1.29, 1.82) is 0 Å². The Bertz CT molecular complexity index is 1810. The summed E-state index contributed by atoms with van der Waals surface area (Å²) in [6.45, 7) is -0.655. The Balaban J connectivity index is 1.05. The number of amides is 2. The summed E-state index contributed by atoms with van der Waals surface area (Å²) in [4.78, 5) is 34.3. The van der Waals surface area contributed by atoms with Crippen LogP contribution in [0.1, 0.15) is 45.0 Å². The first-order valence-corrected chi connectivity index (χ1v) is 16.2. The number of ether oxygens (including phenoxy) is 1. The molecule has 6 rings (SSSR count). The van der Waals surface area contributed by atoms with Crippen LogP contribution in [0.25, 0.3) is 0 Å². The molecule has 0 saturated carbocycles. The molecular formula is C37H36F4N6O3. The Morgan fingerprint density at radius 2 is 1.70 bits per heavy atom. The van der Waals surface area contributed by atoms with Crippen LogP contribution in [0.3, 0.4) is 0 Å². The summed E-state index contributed by atoms with van der Waals surface area (Å²) in [5, 5.41) is 8.12. The summed E-state index contributed by atoms with van der Waals surface area (Å²) in [5.41, 5.74) is 11.2. The number of carbonyl (C=O) groups excluding carboxylic acids is 2. The lowest BCUT2D eigenvalue weighted by Crippen LogP contribution is -2.50. The van der Waals surface area contributed by atoms with Crippen LogP contribution in [0.4, 0.5) is 28.9 Å². The number of aliphatic imine (C=N–C) groups is 1. The van der Waals surface area contributed by atoms with Crippen molar-refractivity contribution < 1.29 is 31.9 Å². The molecule has 13 heteroatoms. The number of alkyl halides is 3. The first-order valence-electron chi connectivity index (χ1n) is 16.2. The molecule has 2 amide bonds. The van der Waals surface area contributed by atoms with Gasteiger partial charge in [0.1, 0.15) is 12.4 Å². The van der Waals surface area contributed by atoms with E-state index in [9.17, 15) is 22.8 Å². The van der Waals surface area contributed by atoms with Crippen LogP contribution in [0.5, 0.6) is 0 Å². The molecule has 4 aromatic rings. The number of fused-ring (bicyclic) bond motifs is 1.